The van der Waals surface area contributed by atoms with Crippen LogP contribution in [-0.4, -0.2) is 17.5 Å². The second kappa shape index (κ2) is 9.00. The van der Waals surface area contributed by atoms with Crippen molar-refractivity contribution in [2.24, 2.45) is 0 Å². The lowest BCUT2D eigenvalue weighted by molar-refractivity contribution is -0.118. The van der Waals surface area contributed by atoms with Crippen LogP contribution in [0.4, 0.5) is 5.13 Å². The minimum atomic E-state index is -0.411. The number of anilines is 1. The summed E-state index contributed by atoms with van der Waals surface area (Å²) in [5.41, 5.74) is 2.78. The SMILES string of the molecule is CC(C)(C)c1ccc(-c2oc3ccccc3c(=O)c2OCC(=O)Nc2nc3ccccc3s2)cc1. The van der Waals surface area contributed by atoms with Crippen molar-refractivity contribution in [3.63, 3.8) is 0 Å². The first-order valence-corrected chi connectivity index (χ1v) is 12.1. The summed E-state index contributed by atoms with van der Waals surface area (Å²) in [6.07, 6.45) is 0. The van der Waals surface area contributed by atoms with Gasteiger partial charge in [-0.2, -0.15) is 0 Å². The maximum absolute atomic E-state index is 13.3. The molecule has 5 aromatic rings. The maximum atomic E-state index is 13.3. The summed E-state index contributed by atoms with van der Waals surface area (Å²) in [7, 11) is 0. The number of hydrogen-bond acceptors (Lipinski definition) is 6. The number of fused-ring (bicyclic) bond motifs is 2. The van der Waals surface area contributed by atoms with E-state index in [1.807, 2.05) is 54.6 Å². The largest absolute Gasteiger partial charge is 0.476 e. The van der Waals surface area contributed by atoms with Gasteiger partial charge in [-0.15, -0.1) is 0 Å². The number of rotatable bonds is 5. The van der Waals surface area contributed by atoms with Gasteiger partial charge in [-0.25, -0.2) is 4.98 Å². The second-order valence-electron chi connectivity index (χ2n) is 9.24. The number of thiazole rings is 1. The molecule has 6 nitrogen and oxygen atoms in total. The molecule has 7 heteroatoms. The van der Waals surface area contributed by atoms with Crippen LogP contribution in [0.5, 0.6) is 5.75 Å². The molecule has 35 heavy (non-hydrogen) atoms. The second-order valence-corrected chi connectivity index (χ2v) is 10.3. The number of hydrogen-bond donors (Lipinski definition) is 1. The minimum absolute atomic E-state index is 0.00617. The number of ether oxygens (including phenoxy) is 1. The van der Waals surface area contributed by atoms with Crippen LogP contribution in [-0.2, 0) is 10.2 Å². The van der Waals surface area contributed by atoms with Crippen molar-refractivity contribution < 1.29 is 13.9 Å². The topological polar surface area (TPSA) is 81.4 Å². The average molecular weight is 485 g/mol. The Labute approximate surface area is 206 Å². The Morgan fingerprint density at radius 2 is 1.71 bits per heavy atom. The van der Waals surface area contributed by atoms with Crippen molar-refractivity contribution >= 4 is 43.6 Å². The van der Waals surface area contributed by atoms with Crippen molar-refractivity contribution in [2.75, 3.05) is 11.9 Å². The minimum Gasteiger partial charge on any atom is -0.476 e. The average Bonchev–Trinajstić information content (AvgIpc) is 3.25. The molecular formula is C28H24N2O4S. The van der Waals surface area contributed by atoms with Gasteiger partial charge >= 0.3 is 0 Å². The summed E-state index contributed by atoms with van der Waals surface area (Å²) in [5.74, 6) is -0.112. The van der Waals surface area contributed by atoms with E-state index in [1.165, 1.54) is 11.3 Å². The van der Waals surface area contributed by atoms with Crippen molar-refractivity contribution in [1.82, 2.24) is 4.98 Å². The third-order valence-corrected chi connectivity index (χ3v) is 6.61. The quantitative estimate of drug-likeness (QED) is 0.313. The Hall–Kier alpha value is -3.97. The number of nitrogens with zero attached hydrogens (tertiary/aromatic N) is 1. The Kier molecular flexibility index (Phi) is 5.86. The predicted molar refractivity (Wildman–Crippen MR) is 140 cm³/mol. The number of amides is 1. The normalized spacial score (nSPS) is 11.6. The van der Waals surface area contributed by atoms with Crippen molar-refractivity contribution in [1.29, 1.82) is 0 Å². The molecule has 0 fully saturated rings. The summed E-state index contributed by atoms with van der Waals surface area (Å²) in [4.78, 5) is 30.4. The van der Waals surface area contributed by atoms with E-state index < -0.39 is 5.91 Å². The van der Waals surface area contributed by atoms with Crippen molar-refractivity contribution in [3.8, 4) is 17.1 Å². The molecule has 0 aliphatic heterocycles. The van der Waals surface area contributed by atoms with Gasteiger partial charge in [0.15, 0.2) is 17.5 Å². The van der Waals surface area contributed by atoms with E-state index in [0.717, 1.165) is 15.8 Å². The van der Waals surface area contributed by atoms with Gasteiger partial charge in [0.1, 0.15) is 5.58 Å². The van der Waals surface area contributed by atoms with Gasteiger partial charge in [-0.3, -0.25) is 14.9 Å². The van der Waals surface area contributed by atoms with Gasteiger partial charge in [-0.05, 0) is 35.2 Å². The van der Waals surface area contributed by atoms with Crippen LogP contribution < -0.4 is 15.5 Å². The Bertz CT molecular complexity index is 1560. The highest BCUT2D eigenvalue weighted by Crippen LogP contribution is 2.33. The molecule has 5 rings (SSSR count). The van der Waals surface area contributed by atoms with Crippen LogP contribution in [0, 0.1) is 0 Å². The summed E-state index contributed by atoms with van der Waals surface area (Å²) < 4.78 is 12.9. The molecule has 1 amide bonds. The first-order valence-electron chi connectivity index (χ1n) is 11.2. The number of aromatic nitrogens is 1. The van der Waals surface area contributed by atoms with E-state index in [-0.39, 0.29) is 23.2 Å². The standard InChI is InChI=1S/C28H24N2O4S/c1-28(2,3)18-14-12-17(13-15-18)25-26(24(32)19-8-4-6-10-21(19)34-25)33-16-23(31)30-27-29-20-9-5-7-11-22(20)35-27/h4-15H,16H2,1-3H3,(H,29,30,31). The van der Waals surface area contributed by atoms with Crippen molar-refractivity contribution in [2.45, 2.75) is 26.2 Å². The lowest BCUT2D eigenvalue weighted by Gasteiger charge is -2.19. The zero-order valence-corrected chi connectivity index (χ0v) is 20.4. The summed E-state index contributed by atoms with van der Waals surface area (Å²) in [6, 6.07) is 22.5. The third-order valence-electron chi connectivity index (χ3n) is 5.66. The fourth-order valence-corrected chi connectivity index (χ4v) is 4.67. The van der Waals surface area contributed by atoms with E-state index in [9.17, 15) is 9.59 Å². The number of benzene rings is 3. The molecule has 0 aliphatic rings. The monoisotopic (exact) mass is 484 g/mol. The molecule has 2 heterocycles. The van der Waals surface area contributed by atoms with E-state index in [1.54, 1.807) is 18.2 Å². The van der Waals surface area contributed by atoms with E-state index in [4.69, 9.17) is 9.15 Å². The van der Waals surface area contributed by atoms with Gasteiger partial charge < -0.3 is 9.15 Å². The third kappa shape index (κ3) is 4.68. The molecule has 176 valence electrons. The highest BCUT2D eigenvalue weighted by Gasteiger charge is 2.20. The van der Waals surface area contributed by atoms with Crippen LogP contribution >= 0.6 is 11.3 Å². The number of carbonyl (C=O) groups is 1. The molecule has 0 radical (unpaired) electrons. The fraction of sp³-hybridized carbons (Fsp3) is 0.179. The molecule has 0 unspecified atom stereocenters. The smallest absolute Gasteiger partial charge is 0.264 e. The first-order chi connectivity index (χ1) is 16.8. The summed E-state index contributed by atoms with van der Waals surface area (Å²) in [6.45, 7) is 6.05. The van der Waals surface area contributed by atoms with Gasteiger partial charge in [0.05, 0.1) is 15.6 Å². The highest BCUT2D eigenvalue weighted by atomic mass is 32.1. The Balaban J connectivity index is 1.45. The molecule has 2 aromatic heterocycles. The summed E-state index contributed by atoms with van der Waals surface area (Å²) >= 11 is 1.38. The van der Waals surface area contributed by atoms with Crippen LogP contribution in [0.3, 0.4) is 0 Å². The zero-order valence-electron chi connectivity index (χ0n) is 19.6. The van der Waals surface area contributed by atoms with Gasteiger partial charge in [0.2, 0.25) is 11.2 Å². The molecule has 0 aliphatic carbocycles. The number of carbonyl (C=O) groups excluding carboxylic acids is 1. The highest BCUT2D eigenvalue weighted by molar-refractivity contribution is 7.22. The molecule has 0 bridgehead atoms. The molecule has 0 atom stereocenters. The molecule has 0 saturated heterocycles. The van der Waals surface area contributed by atoms with Crippen LogP contribution in [0.15, 0.2) is 82.0 Å². The predicted octanol–water partition coefficient (Wildman–Crippen LogP) is 6.38. The Morgan fingerprint density at radius 1 is 1.00 bits per heavy atom. The molecular weight excluding hydrogens is 460 g/mol. The fourth-order valence-electron chi connectivity index (χ4n) is 3.79. The zero-order chi connectivity index (χ0) is 24.6. The first kappa shape index (κ1) is 22.8. The Morgan fingerprint density at radius 3 is 2.46 bits per heavy atom. The van der Waals surface area contributed by atoms with E-state index in [2.05, 4.69) is 31.1 Å². The van der Waals surface area contributed by atoms with Crippen LogP contribution in [0.2, 0.25) is 0 Å². The van der Waals surface area contributed by atoms with Gasteiger partial charge in [-0.1, -0.05) is 80.6 Å². The lowest BCUT2D eigenvalue weighted by Crippen LogP contribution is -2.22. The van der Waals surface area contributed by atoms with Crippen LogP contribution in [0.25, 0.3) is 32.5 Å². The van der Waals surface area contributed by atoms with Crippen molar-refractivity contribution in [3.05, 3.63) is 88.6 Å². The van der Waals surface area contributed by atoms with Crippen LogP contribution in [0.1, 0.15) is 26.3 Å². The van der Waals surface area contributed by atoms with E-state index in [0.29, 0.717) is 27.4 Å². The maximum Gasteiger partial charge on any atom is 0.264 e. The molecule has 0 saturated carbocycles. The van der Waals surface area contributed by atoms with Gasteiger partial charge in [0.25, 0.3) is 5.91 Å². The lowest BCUT2D eigenvalue weighted by atomic mass is 9.86. The van der Waals surface area contributed by atoms with E-state index >= 15 is 0 Å². The molecule has 0 spiro atoms. The number of para-hydroxylation sites is 2. The number of nitrogens with one attached hydrogen (secondary N) is 1. The molecule has 1 N–H and O–H groups in total. The summed E-state index contributed by atoms with van der Waals surface area (Å²) in [5, 5.41) is 3.62. The van der Waals surface area contributed by atoms with Gasteiger partial charge in [0, 0.05) is 5.56 Å². The molecule has 3 aromatic carbocycles.